The van der Waals surface area contributed by atoms with E-state index in [1.807, 2.05) is 0 Å². The molecule has 234 valence electrons. The zero-order valence-electron chi connectivity index (χ0n) is 23.7. The van der Waals surface area contributed by atoms with Crippen molar-refractivity contribution < 1.29 is 36.1 Å². The number of carbonyl (C=O) groups excluding carboxylic acids is 2. The molecule has 0 aliphatic rings. The Kier molecular flexibility index (Phi) is 9.78. The summed E-state index contributed by atoms with van der Waals surface area (Å²) in [7, 11) is -3.32. The lowest BCUT2D eigenvalue weighted by Gasteiger charge is -2.33. The number of rotatable bonds is 9. The fourth-order valence-corrected chi connectivity index (χ4v) is 6.12. The maximum absolute atomic E-state index is 14.1. The van der Waals surface area contributed by atoms with Gasteiger partial charge in [-0.3, -0.25) is 19.7 Å². The van der Waals surface area contributed by atoms with Crippen LogP contribution in [0, 0.1) is 17.0 Å². The summed E-state index contributed by atoms with van der Waals surface area (Å²) in [6, 6.07) is 19.8. The second-order valence-electron chi connectivity index (χ2n) is 9.95. The van der Waals surface area contributed by atoms with Gasteiger partial charge in [0, 0.05) is 34.9 Å². The van der Waals surface area contributed by atoms with Gasteiger partial charge in [-0.1, -0.05) is 64.0 Å². The Morgan fingerprint density at radius 3 is 2.09 bits per heavy atom. The standard InChI is InChI=1S/C31H25BrF3N3O6S/c1-20-8-15-25(16-9-20)45(43,44)36(2)29(39)19-28(21-10-12-23(13-11-21)38(41)42)37(30(40)22-6-4-3-5-7-22)24-14-17-27(32)26(18-24)31(33,34)35/h3-18,28H,19H2,1-2H3/t28-/m1/s1. The molecular weight excluding hydrogens is 679 g/mol. The smallest absolute Gasteiger partial charge is 0.300 e. The maximum Gasteiger partial charge on any atom is 0.417 e. The highest BCUT2D eigenvalue weighted by molar-refractivity contribution is 9.10. The van der Waals surface area contributed by atoms with E-state index in [1.165, 1.54) is 42.5 Å². The molecule has 2 amide bonds. The van der Waals surface area contributed by atoms with Crippen LogP contribution >= 0.6 is 15.9 Å². The first kappa shape index (κ1) is 33.3. The molecule has 0 bridgehead atoms. The molecular formula is C31H25BrF3N3O6S. The predicted octanol–water partition coefficient (Wildman–Crippen LogP) is 7.31. The fraction of sp³-hybridized carbons (Fsp3) is 0.161. The average Bonchev–Trinajstić information content (AvgIpc) is 3.01. The van der Waals surface area contributed by atoms with Gasteiger partial charge in [0.15, 0.2) is 0 Å². The predicted molar refractivity (Wildman–Crippen MR) is 164 cm³/mol. The number of benzene rings is 4. The molecule has 0 N–H and O–H groups in total. The van der Waals surface area contributed by atoms with Crippen LogP contribution in [-0.4, -0.2) is 36.5 Å². The van der Waals surface area contributed by atoms with Gasteiger partial charge in [-0.25, -0.2) is 12.7 Å². The summed E-state index contributed by atoms with van der Waals surface area (Å²) in [6.45, 7) is 1.75. The summed E-state index contributed by atoms with van der Waals surface area (Å²) < 4.78 is 68.8. The summed E-state index contributed by atoms with van der Waals surface area (Å²) in [5.74, 6) is -1.79. The molecule has 0 unspecified atom stereocenters. The number of hydrogen-bond donors (Lipinski definition) is 0. The number of hydrogen-bond acceptors (Lipinski definition) is 6. The van der Waals surface area contributed by atoms with E-state index in [9.17, 15) is 41.3 Å². The molecule has 0 fully saturated rings. The van der Waals surface area contributed by atoms with E-state index < -0.39 is 51.0 Å². The fourth-order valence-electron chi connectivity index (χ4n) is 4.51. The van der Waals surface area contributed by atoms with Crippen molar-refractivity contribution >= 4 is 49.1 Å². The molecule has 0 saturated heterocycles. The molecule has 1 atom stereocenters. The van der Waals surface area contributed by atoms with E-state index in [-0.39, 0.29) is 31.9 Å². The van der Waals surface area contributed by atoms with Gasteiger partial charge in [0.2, 0.25) is 5.91 Å². The molecule has 14 heteroatoms. The minimum absolute atomic E-state index is 0.0639. The van der Waals surface area contributed by atoms with Gasteiger partial charge in [-0.2, -0.15) is 13.2 Å². The van der Waals surface area contributed by atoms with Crippen LogP contribution in [0.2, 0.25) is 0 Å². The van der Waals surface area contributed by atoms with E-state index in [0.29, 0.717) is 4.31 Å². The minimum atomic E-state index is -4.82. The Labute approximate surface area is 265 Å². The summed E-state index contributed by atoms with van der Waals surface area (Å²) in [4.78, 5) is 39.2. The van der Waals surface area contributed by atoms with Gasteiger partial charge >= 0.3 is 6.18 Å². The van der Waals surface area contributed by atoms with Crippen LogP contribution in [0.3, 0.4) is 0 Å². The Hall–Kier alpha value is -4.56. The molecule has 4 rings (SSSR count). The zero-order chi connectivity index (χ0) is 33.1. The summed E-state index contributed by atoms with van der Waals surface area (Å²) in [5.41, 5.74) is -0.682. The zero-order valence-corrected chi connectivity index (χ0v) is 26.1. The summed E-state index contributed by atoms with van der Waals surface area (Å²) in [5, 5.41) is 11.3. The number of nitro benzene ring substituents is 1. The van der Waals surface area contributed by atoms with Crippen LogP contribution in [0.15, 0.2) is 106 Å². The second kappa shape index (κ2) is 13.2. The largest absolute Gasteiger partial charge is 0.417 e. The van der Waals surface area contributed by atoms with E-state index in [2.05, 4.69) is 15.9 Å². The van der Waals surface area contributed by atoms with Crippen molar-refractivity contribution in [2.75, 3.05) is 11.9 Å². The van der Waals surface area contributed by atoms with Crippen LogP contribution in [0.25, 0.3) is 0 Å². The lowest BCUT2D eigenvalue weighted by molar-refractivity contribution is -0.384. The molecule has 0 aromatic heterocycles. The number of anilines is 1. The van der Waals surface area contributed by atoms with E-state index in [1.54, 1.807) is 37.3 Å². The van der Waals surface area contributed by atoms with Crippen LogP contribution in [-0.2, 0) is 21.0 Å². The number of aryl methyl sites for hydroxylation is 1. The number of halogens is 4. The Bertz CT molecular complexity index is 1840. The quantitative estimate of drug-likeness (QED) is 0.133. The highest BCUT2D eigenvalue weighted by Gasteiger charge is 2.37. The van der Waals surface area contributed by atoms with E-state index in [4.69, 9.17) is 0 Å². The van der Waals surface area contributed by atoms with Crippen molar-refractivity contribution in [2.24, 2.45) is 0 Å². The van der Waals surface area contributed by atoms with Gasteiger partial charge in [-0.05, 0) is 55.0 Å². The monoisotopic (exact) mass is 703 g/mol. The number of alkyl halides is 3. The first-order valence-corrected chi connectivity index (χ1v) is 15.4. The second-order valence-corrected chi connectivity index (χ2v) is 12.8. The molecule has 4 aromatic carbocycles. The van der Waals surface area contributed by atoms with Crippen LogP contribution in [0.5, 0.6) is 0 Å². The number of non-ortho nitro benzene ring substituents is 1. The van der Waals surface area contributed by atoms with Gasteiger partial charge in [0.1, 0.15) is 0 Å². The topological polar surface area (TPSA) is 118 Å². The molecule has 0 saturated carbocycles. The van der Waals surface area contributed by atoms with Crippen LogP contribution in [0.1, 0.15) is 39.5 Å². The molecule has 0 heterocycles. The third-order valence-corrected chi connectivity index (χ3v) is 9.46. The molecule has 0 aliphatic carbocycles. The van der Waals surface area contributed by atoms with Crippen molar-refractivity contribution in [3.63, 3.8) is 0 Å². The number of carbonyl (C=O) groups is 2. The number of amides is 2. The summed E-state index contributed by atoms with van der Waals surface area (Å²) in [6.07, 6.45) is -5.54. The normalized spacial score (nSPS) is 12.3. The molecule has 9 nitrogen and oxygen atoms in total. The Balaban J connectivity index is 1.89. The first-order valence-electron chi connectivity index (χ1n) is 13.2. The van der Waals surface area contributed by atoms with Crippen molar-refractivity contribution in [2.45, 2.75) is 30.5 Å². The number of sulfonamides is 1. The van der Waals surface area contributed by atoms with Crippen molar-refractivity contribution in [3.8, 4) is 0 Å². The third-order valence-electron chi connectivity index (χ3n) is 6.97. The Morgan fingerprint density at radius 2 is 1.53 bits per heavy atom. The van der Waals surface area contributed by atoms with Gasteiger partial charge in [0.25, 0.3) is 21.6 Å². The van der Waals surface area contributed by atoms with Gasteiger partial charge < -0.3 is 4.90 Å². The highest BCUT2D eigenvalue weighted by Crippen LogP contribution is 2.40. The SMILES string of the molecule is Cc1ccc(S(=O)(=O)N(C)C(=O)C[C@H](c2ccc([N+](=O)[O-])cc2)N(C(=O)c2ccccc2)c2ccc(Br)c(C(F)(F)F)c2)cc1. The number of nitrogens with zero attached hydrogens (tertiary/aromatic N) is 3. The molecule has 4 aromatic rings. The lowest BCUT2D eigenvalue weighted by Crippen LogP contribution is -2.40. The van der Waals surface area contributed by atoms with Crippen molar-refractivity contribution in [1.82, 2.24) is 4.31 Å². The highest BCUT2D eigenvalue weighted by atomic mass is 79.9. The lowest BCUT2D eigenvalue weighted by atomic mass is 9.98. The third kappa shape index (κ3) is 7.40. The summed E-state index contributed by atoms with van der Waals surface area (Å²) >= 11 is 2.89. The molecule has 0 spiro atoms. The van der Waals surface area contributed by atoms with Gasteiger partial charge in [-0.15, -0.1) is 0 Å². The van der Waals surface area contributed by atoms with Crippen LogP contribution in [0.4, 0.5) is 24.5 Å². The molecule has 0 radical (unpaired) electrons. The molecule has 0 aliphatic heterocycles. The van der Waals surface area contributed by atoms with Crippen molar-refractivity contribution in [1.29, 1.82) is 0 Å². The number of nitro groups is 1. The van der Waals surface area contributed by atoms with Gasteiger partial charge in [0.05, 0.1) is 27.8 Å². The molecule has 45 heavy (non-hydrogen) atoms. The minimum Gasteiger partial charge on any atom is -0.300 e. The average molecular weight is 705 g/mol. The maximum atomic E-state index is 14.1. The van der Waals surface area contributed by atoms with Crippen LogP contribution < -0.4 is 4.90 Å². The van der Waals surface area contributed by atoms with E-state index in [0.717, 1.165) is 41.8 Å². The Morgan fingerprint density at radius 1 is 0.933 bits per heavy atom. The van der Waals surface area contributed by atoms with E-state index >= 15 is 0 Å². The van der Waals surface area contributed by atoms with Crippen molar-refractivity contribution in [3.05, 3.63) is 134 Å². The first-order chi connectivity index (χ1) is 21.1.